The van der Waals surface area contributed by atoms with E-state index >= 15 is 0 Å². The Balaban J connectivity index is 2.64. The first-order valence-corrected chi connectivity index (χ1v) is 6.70. The van der Waals surface area contributed by atoms with Crippen molar-refractivity contribution >= 4 is 37.5 Å². The Bertz CT molecular complexity index is 698. The van der Waals surface area contributed by atoms with Crippen molar-refractivity contribution in [2.45, 2.75) is 13.3 Å². The first-order valence-electron chi connectivity index (χ1n) is 5.90. The SMILES string of the molecule is CCc1c(Br)c2ccccc2c2ccccc12. The van der Waals surface area contributed by atoms with E-state index in [1.165, 1.54) is 31.6 Å². The van der Waals surface area contributed by atoms with Crippen LogP contribution in [0.3, 0.4) is 0 Å². The fourth-order valence-corrected chi connectivity index (χ4v) is 3.36. The Morgan fingerprint density at radius 3 is 1.82 bits per heavy atom. The molecule has 0 aliphatic heterocycles. The standard InChI is InChI=1S/C16H13Br/c1-2-11-12-7-3-4-8-13(12)14-9-5-6-10-15(14)16(11)17/h3-10H,2H2,1H3. The molecule has 3 rings (SSSR count). The van der Waals surface area contributed by atoms with E-state index in [2.05, 4.69) is 71.4 Å². The zero-order chi connectivity index (χ0) is 11.8. The highest BCUT2D eigenvalue weighted by atomic mass is 79.9. The van der Waals surface area contributed by atoms with Crippen LogP contribution in [-0.4, -0.2) is 0 Å². The number of aryl methyl sites for hydroxylation is 1. The van der Waals surface area contributed by atoms with Crippen LogP contribution in [0.25, 0.3) is 21.5 Å². The molecule has 0 amide bonds. The molecule has 0 aliphatic rings. The Morgan fingerprint density at radius 2 is 1.24 bits per heavy atom. The van der Waals surface area contributed by atoms with Crippen molar-refractivity contribution in [2.24, 2.45) is 0 Å². The van der Waals surface area contributed by atoms with Crippen molar-refractivity contribution in [3.63, 3.8) is 0 Å². The van der Waals surface area contributed by atoms with Crippen molar-refractivity contribution in [1.82, 2.24) is 0 Å². The highest BCUT2D eigenvalue weighted by molar-refractivity contribution is 9.10. The molecule has 0 spiro atoms. The average Bonchev–Trinajstić information content (AvgIpc) is 2.40. The molecule has 0 unspecified atom stereocenters. The molecule has 1 heteroatoms. The van der Waals surface area contributed by atoms with Gasteiger partial charge < -0.3 is 0 Å². The Morgan fingerprint density at radius 1 is 0.765 bits per heavy atom. The van der Waals surface area contributed by atoms with Gasteiger partial charge in [-0.1, -0.05) is 55.5 Å². The molecule has 3 aromatic carbocycles. The Labute approximate surface area is 109 Å². The van der Waals surface area contributed by atoms with E-state index in [0.29, 0.717) is 0 Å². The number of fused-ring (bicyclic) bond motifs is 3. The zero-order valence-corrected chi connectivity index (χ0v) is 11.3. The number of hydrogen-bond acceptors (Lipinski definition) is 0. The van der Waals surface area contributed by atoms with Gasteiger partial charge in [-0.3, -0.25) is 0 Å². The fourth-order valence-electron chi connectivity index (χ4n) is 2.52. The van der Waals surface area contributed by atoms with Crippen molar-refractivity contribution < 1.29 is 0 Å². The third-order valence-electron chi connectivity index (χ3n) is 3.32. The second kappa shape index (κ2) is 4.15. The van der Waals surface area contributed by atoms with Gasteiger partial charge in [-0.25, -0.2) is 0 Å². The molecule has 0 N–H and O–H groups in total. The smallest absolute Gasteiger partial charge is 0.0292 e. The normalized spacial score (nSPS) is 11.2. The van der Waals surface area contributed by atoms with Gasteiger partial charge in [0.1, 0.15) is 0 Å². The summed E-state index contributed by atoms with van der Waals surface area (Å²) in [5, 5.41) is 5.35. The van der Waals surface area contributed by atoms with Gasteiger partial charge in [0.2, 0.25) is 0 Å². The lowest BCUT2D eigenvalue weighted by Crippen LogP contribution is -1.89. The van der Waals surface area contributed by atoms with E-state index in [4.69, 9.17) is 0 Å². The molecule has 0 nitrogen and oxygen atoms in total. The van der Waals surface area contributed by atoms with E-state index in [-0.39, 0.29) is 0 Å². The van der Waals surface area contributed by atoms with E-state index in [1.807, 2.05) is 0 Å². The van der Waals surface area contributed by atoms with Crippen molar-refractivity contribution in [2.75, 3.05) is 0 Å². The van der Waals surface area contributed by atoms with E-state index in [9.17, 15) is 0 Å². The van der Waals surface area contributed by atoms with Crippen molar-refractivity contribution in [3.05, 3.63) is 58.6 Å². The summed E-state index contributed by atoms with van der Waals surface area (Å²) in [6.07, 6.45) is 1.05. The Hall–Kier alpha value is -1.34. The summed E-state index contributed by atoms with van der Waals surface area (Å²) in [7, 11) is 0. The van der Waals surface area contributed by atoms with Crippen LogP contribution in [0, 0.1) is 0 Å². The highest BCUT2D eigenvalue weighted by Crippen LogP contribution is 2.36. The lowest BCUT2D eigenvalue weighted by Gasteiger charge is -2.12. The summed E-state index contributed by atoms with van der Waals surface area (Å²) >= 11 is 3.76. The van der Waals surface area contributed by atoms with Crippen LogP contribution in [0.5, 0.6) is 0 Å². The lowest BCUT2D eigenvalue weighted by molar-refractivity contribution is 1.15. The second-order valence-corrected chi connectivity index (χ2v) is 5.03. The summed E-state index contributed by atoms with van der Waals surface area (Å²) in [5.74, 6) is 0. The Kier molecular flexibility index (Phi) is 2.64. The first kappa shape index (κ1) is 10.8. The van der Waals surface area contributed by atoms with E-state index in [1.54, 1.807) is 0 Å². The largest absolute Gasteiger partial charge is 0.0616 e. The molecule has 0 radical (unpaired) electrons. The summed E-state index contributed by atoms with van der Waals surface area (Å²) in [5.41, 5.74) is 1.40. The molecule has 84 valence electrons. The van der Waals surface area contributed by atoms with Crippen LogP contribution in [0.1, 0.15) is 12.5 Å². The molecule has 3 aromatic rings. The number of benzene rings is 3. The second-order valence-electron chi connectivity index (χ2n) is 4.24. The minimum atomic E-state index is 1.05. The summed E-state index contributed by atoms with van der Waals surface area (Å²) in [6, 6.07) is 17.2. The molecular weight excluding hydrogens is 272 g/mol. The third kappa shape index (κ3) is 1.57. The van der Waals surface area contributed by atoms with Crippen LogP contribution in [-0.2, 0) is 6.42 Å². The van der Waals surface area contributed by atoms with Crippen molar-refractivity contribution in [3.8, 4) is 0 Å². The number of rotatable bonds is 1. The minimum absolute atomic E-state index is 1.05. The summed E-state index contributed by atoms with van der Waals surface area (Å²) < 4.78 is 1.24. The molecule has 0 bridgehead atoms. The van der Waals surface area contributed by atoms with Gasteiger partial charge >= 0.3 is 0 Å². The van der Waals surface area contributed by atoms with Crippen LogP contribution in [0.2, 0.25) is 0 Å². The van der Waals surface area contributed by atoms with Crippen molar-refractivity contribution in [1.29, 1.82) is 0 Å². The predicted molar refractivity (Wildman–Crippen MR) is 78.5 cm³/mol. The van der Waals surface area contributed by atoms with E-state index in [0.717, 1.165) is 6.42 Å². The van der Waals surface area contributed by atoms with Gasteiger partial charge in [0.05, 0.1) is 0 Å². The van der Waals surface area contributed by atoms with Crippen LogP contribution in [0.15, 0.2) is 53.0 Å². The van der Waals surface area contributed by atoms with Gasteiger partial charge in [0.25, 0.3) is 0 Å². The number of halogens is 1. The first-order chi connectivity index (χ1) is 8.33. The van der Waals surface area contributed by atoms with Gasteiger partial charge in [0.15, 0.2) is 0 Å². The molecule has 0 saturated carbocycles. The molecule has 0 heterocycles. The summed E-state index contributed by atoms with van der Waals surface area (Å²) in [6.45, 7) is 2.21. The fraction of sp³-hybridized carbons (Fsp3) is 0.125. The van der Waals surface area contributed by atoms with Gasteiger partial charge in [-0.05, 0) is 49.5 Å². The topological polar surface area (TPSA) is 0 Å². The van der Waals surface area contributed by atoms with Gasteiger partial charge in [-0.2, -0.15) is 0 Å². The zero-order valence-electron chi connectivity index (χ0n) is 9.70. The molecule has 0 atom stereocenters. The highest BCUT2D eigenvalue weighted by Gasteiger charge is 2.09. The van der Waals surface area contributed by atoms with Gasteiger partial charge in [0, 0.05) is 4.47 Å². The maximum Gasteiger partial charge on any atom is 0.0292 e. The monoisotopic (exact) mass is 284 g/mol. The predicted octanol–water partition coefficient (Wildman–Crippen LogP) is 5.32. The minimum Gasteiger partial charge on any atom is -0.0616 e. The lowest BCUT2D eigenvalue weighted by atomic mass is 9.96. The van der Waals surface area contributed by atoms with Crippen LogP contribution < -0.4 is 0 Å². The molecule has 0 aliphatic carbocycles. The molecular formula is C16H13Br. The van der Waals surface area contributed by atoms with Crippen LogP contribution >= 0.6 is 15.9 Å². The molecule has 0 saturated heterocycles. The van der Waals surface area contributed by atoms with Crippen LogP contribution in [0.4, 0.5) is 0 Å². The van der Waals surface area contributed by atoms with E-state index < -0.39 is 0 Å². The molecule has 0 aromatic heterocycles. The third-order valence-corrected chi connectivity index (χ3v) is 4.23. The van der Waals surface area contributed by atoms with Gasteiger partial charge in [-0.15, -0.1) is 0 Å². The maximum absolute atomic E-state index is 3.76. The summed E-state index contributed by atoms with van der Waals surface area (Å²) in [4.78, 5) is 0. The average molecular weight is 285 g/mol. The molecule has 0 fully saturated rings. The quantitative estimate of drug-likeness (QED) is 0.531. The number of hydrogen-bond donors (Lipinski definition) is 0. The molecule has 17 heavy (non-hydrogen) atoms. The maximum atomic E-state index is 3.76.